The van der Waals surface area contributed by atoms with Crippen LogP contribution in [0.1, 0.15) is 18.1 Å². The Morgan fingerprint density at radius 3 is 2.28 bits per heavy atom. The SMILES string of the molecule is CCOC(=O)OC(=N)c1ccc(C(F)(F)F)cc1. The first-order valence-corrected chi connectivity index (χ1v) is 4.95. The van der Waals surface area contributed by atoms with Gasteiger partial charge in [0.05, 0.1) is 12.2 Å². The molecule has 0 fully saturated rings. The second-order valence-corrected chi connectivity index (χ2v) is 3.19. The average molecular weight is 261 g/mol. The van der Waals surface area contributed by atoms with Gasteiger partial charge in [0.2, 0.25) is 5.90 Å². The van der Waals surface area contributed by atoms with Gasteiger partial charge < -0.3 is 9.47 Å². The fourth-order valence-electron chi connectivity index (χ4n) is 1.10. The van der Waals surface area contributed by atoms with Crippen molar-refractivity contribution in [3.05, 3.63) is 35.4 Å². The molecule has 18 heavy (non-hydrogen) atoms. The van der Waals surface area contributed by atoms with Crippen LogP contribution >= 0.6 is 0 Å². The second kappa shape index (κ2) is 5.52. The molecular formula is C11H10F3NO3. The maximum atomic E-state index is 12.3. The molecule has 1 aromatic rings. The summed E-state index contributed by atoms with van der Waals surface area (Å²) in [6.45, 7) is 1.64. The van der Waals surface area contributed by atoms with E-state index in [1.807, 2.05) is 0 Å². The molecule has 0 aliphatic carbocycles. The Labute approximate surface area is 101 Å². The van der Waals surface area contributed by atoms with Gasteiger partial charge in [0.25, 0.3) is 0 Å². The Balaban J connectivity index is 2.74. The molecule has 0 amide bonds. The molecule has 98 valence electrons. The van der Waals surface area contributed by atoms with Crippen LogP contribution in [-0.2, 0) is 15.7 Å². The third-order valence-electron chi connectivity index (χ3n) is 1.92. The van der Waals surface area contributed by atoms with Crippen molar-refractivity contribution in [2.45, 2.75) is 13.1 Å². The van der Waals surface area contributed by atoms with E-state index in [-0.39, 0.29) is 12.2 Å². The summed E-state index contributed by atoms with van der Waals surface area (Å²) in [7, 11) is 0. The summed E-state index contributed by atoms with van der Waals surface area (Å²) in [5.74, 6) is -0.567. The monoisotopic (exact) mass is 261 g/mol. The van der Waals surface area contributed by atoms with Gasteiger partial charge >= 0.3 is 12.3 Å². The van der Waals surface area contributed by atoms with Crippen molar-refractivity contribution in [2.75, 3.05) is 6.61 Å². The predicted octanol–water partition coefficient (Wildman–Crippen LogP) is 3.20. The first-order chi connectivity index (χ1) is 8.34. The van der Waals surface area contributed by atoms with Crippen molar-refractivity contribution in [2.24, 2.45) is 0 Å². The third kappa shape index (κ3) is 3.76. The molecule has 0 spiro atoms. The minimum atomic E-state index is -4.44. The fourth-order valence-corrected chi connectivity index (χ4v) is 1.10. The highest BCUT2D eigenvalue weighted by Gasteiger charge is 2.30. The van der Waals surface area contributed by atoms with Gasteiger partial charge in [-0.3, -0.25) is 5.41 Å². The van der Waals surface area contributed by atoms with E-state index in [1.165, 1.54) is 0 Å². The minimum Gasteiger partial charge on any atom is -0.434 e. The van der Waals surface area contributed by atoms with Crippen LogP contribution < -0.4 is 0 Å². The smallest absolute Gasteiger partial charge is 0.434 e. The summed E-state index contributed by atoms with van der Waals surface area (Å²) in [6, 6.07) is 3.70. The number of nitrogens with one attached hydrogen (secondary N) is 1. The zero-order chi connectivity index (χ0) is 13.8. The maximum Gasteiger partial charge on any atom is 0.515 e. The number of carbonyl (C=O) groups is 1. The third-order valence-corrected chi connectivity index (χ3v) is 1.92. The molecule has 4 nitrogen and oxygen atoms in total. The average Bonchev–Trinajstić information content (AvgIpc) is 2.28. The topological polar surface area (TPSA) is 59.4 Å². The van der Waals surface area contributed by atoms with E-state index in [0.717, 1.165) is 24.3 Å². The summed E-state index contributed by atoms with van der Waals surface area (Å²) >= 11 is 0. The molecule has 1 rings (SSSR count). The minimum absolute atomic E-state index is 0.0519. The normalized spacial score (nSPS) is 10.9. The number of ether oxygens (including phenoxy) is 2. The van der Waals surface area contributed by atoms with Gasteiger partial charge in [0.1, 0.15) is 0 Å². The number of halogens is 3. The summed E-state index contributed by atoms with van der Waals surface area (Å²) in [6.07, 6.45) is -5.51. The van der Waals surface area contributed by atoms with Crippen molar-refractivity contribution in [1.82, 2.24) is 0 Å². The Hall–Kier alpha value is -2.05. The van der Waals surface area contributed by atoms with Crippen molar-refractivity contribution in [3.63, 3.8) is 0 Å². The molecular weight excluding hydrogens is 251 g/mol. The summed E-state index contributed by atoms with van der Waals surface area (Å²) in [5.41, 5.74) is -0.786. The van der Waals surface area contributed by atoms with Crippen LogP contribution in [0.2, 0.25) is 0 Å². The number of alkyl halides is 3. The highest BCUT2D eigenvalue weighted by Crippen LogP contribution is 2.29. The molecule has 0 atom stereocenters. The van der Waals surface area contributed by atoms with Crippen LogP contribution in [0, 0.1) is 5.41 Å². The van der Waals surface area contributed by atoms with E-state index in [4.69, 9.17) is 5.41 Å². The number of benzene rings is 1. The van der Waals surface area contributed by atoms with E-state index < -0.39 is 23.8 Å². The molecule has 0 aromatic heterocycles. The van der Waals surface area contributed by atoms with Gasteiger partial charge in [0.15, 0.2) is 0 Å². The molecule has 1 aromatic carbocycles. The molecule has 1 N–H and O–H groups in total. The van der Waals surface area contributed by atoms with Crippen LogP contribution in [0.3, 0.4) is 0 Å². The predicted molar refractivity (Wildman–Crippen MR) is 56.4 cm³/mol. The lowest BCUT2D eigenvalue weighted by molar-refractivity contribution is -0.137. The van der Waals surface area contributed by atoms with Crippen molar-refractivity contribution < 1.29 is 27.4 Å². The molecule has 0 bridgehead atoms. The lowest BCUT2D eigenvalue weighted by atomic mass is 10.1. The summed E-state index contributed by atoms with van der Waals surface area (Å²) < 4.78 is 45.7. The van der Waals surface area contributed by atoms with E-state index in [2.05, 4.69) is 9.47 Å². The summed E-state index contributed by atoms with van der Waals surface area (Å²) in [5, 5.41) is 7.36. The number of carbonyl (C=O) groups excluding carboxylic acids is 1. The molecule has 0 saturated carbocycles. The standard InChI is InChI=1S/C11H10F3NO3/c1-2-17-10(16)18-9(15)7-3-5-8(6-4-7)11(12,13)14/h3-6,15H,2H2,1H3. The molecule has 0 radical (unpaired) electrons. The Morgan fingerprint density at radius 2 is 1.83 bits per heavy atom. The largest absolute Gasteiger partial charge is 0.515 e. The first-order valence-electron chi connectivity index (χ1n) is 4.95. The highest BCUT2D eigenvalue weighted by molar-refractivity contribution is 5.97. The van der Waals surface area contributed by atoms with Crippen LogP contribution in [0.25, 0.3) is 0 Å². The van der Waals surface area contributed by atoms with Crippen LogP contribution in [-0.4, -0.2) is 18.7 Å². The van der Waals surface area contributed by atoms with Crippen molar-refractivity contribution >= 4 is 12.1 Å². The quantitative estimate of drug-likeness (QED) is 0.505. The second-order valence-electron chi connectivity index (χ2n) is 3.19. The van der Waals surface area contributed by atoms with E-state index in [1.54, 1.807) is 6.92 Å². The van der Waals surface area contributed by atoms with Gasteiger partial charge in [-0.25, -0.2) is 4.79 Å². The maximum absolute atomic E-state index is 12.3. The molecule has 0 saturated heterocycles. The lowest BCUT2D eigenvalue weighted by Gasteiger charge is -2.08. The molecule has 7 heteroatoms. The van der Waals surface area contributed by atoms with Crippen molar-refractivity contribution in [3.8, 4) is 0 Å². The van der Waals surface area contributed by atoms with E-state index in [9.17, 15) is 18.0 Å². The zero-order valence-corrected chi connectivity index (χ0v) is 9.38. The Morgan fingerprint density at radius 1 is 1.28 bits per heavy atom. The van der Waals surface area contributed by atoms with Gasteiger partial charge in [0, 0.05) is 5.56 Å². The number of hydrogen-bond acceptors (Lipinski definition) is 4. The first kappa shape index (κ1) is 14.0. The summed E-state index contributed by atoms with van der Waals surface area (Å²) in [4.78, 5) is 10.9. The van der Waals surface area contributed by atoms with Crippen LogP contribution in [0.15, 0.2) is 24.3 Å². The zero-order valence-electron chi connectivity index (χ0n) is 9.38. The van der Waals surface area contributed by atoms with Gasteiger partial charge in [-0.1, -0.05) is 0 Å². The van der Waals surface area contributed by atoms with Crippen LogP contribution in [0.4, 0.5) is 18.0 Å². The van der Waals surface area contributed by atoms with E-state index >= 15 is 0 Å². The van der Waals surface area contributed by atoms with Crippen molar-refractivity contribution in [1.29, 1.82) is 5.41 Å². The highest BCUT2D eigenvalue weighted by atomic mass is 19.4. The molecule has 0 aliphatic rings. The number of hydrogen-bond donors (Lipinski definition) is 1. The van der Waals surface area contributed by atoms with Crippen LogP contribution in [0.5, 0.6) is 0 Å². The lowest BCUT2D eigenvalue weighted by Crippen LogP contribution is -2.14. The fraction of sp³-hybridized carbons (Fsp3) is 0.273. The van der Waals surface area contributed by atoms with E-state index in [0.29, 0.717) is 0 Å². The Kier molecular flexibility index (Phi) is 4.30. The van der Waals surface area contributed by atoms with Gasteiger partial charge in [-0.15, -0.1) is 0 Å². The molecule has 0 unspecified atom stereocenters. The molecule has 0 aliphatic heterocycles. The van der Waals surface area contributed by atoms with Gasteiger partial charge in [-0.05, 0) is 31.2 Å². The molecule has 0 heterocycles. The Bertz CT molecular complexity index is 440. The number of rotatable bonds is 2. The van der Waals surface area contributed by atoms with Gasteiger partial charge in [-0.2, -0.15) is 13.2 Å².